The van der Waals surface area contributed by atoms with Crippen LogP contribution in [0.25, 0.3) is 11.4 Å². The van der Waals surface area contributed by atoms with Gasteiger partial charge in [-0.25, -0.2) is 9.97 Å². The van der Waals surface area contributed by atoms with E-state index in [1.54, 1.807) is 16.7 Å². The molecular weight excluding hydrogens is 469 g/mol. The molecule has 2 unspecified atom stereocenters. The number of amides is 1. The van der Waals surface area contributed by atoms with Crippen LogP contribution >= 0.6 is 23.2 Å². The Hall–Kier alpha value is -2.38. The lowest BCUT2D eigenvalue weighted by Gasteiger charge is -2.21. The van der Waals surface area contributed by atoms with Crippen molar-refractivity contribution in [2.75, 3.05) is 0 Å². The van der Waals surface area contributed by atoms with Crippen molar-refractivity contribution in [2.24, 2.45) is 11.7 Å². The number of rotatable bonds is 5. The number of halogens is 3. The topological polar surface area (TPSA) is 85.3 Å². The maximum absolute atomic E-state index is 12.8. The van der Waals surface area contributed by atoms with Gasteiger partial charge >= 0.3 is 0 Å². The van der Waals surface area contributed by atoms with Crippen LogP contribution in [0.5, 0.6) is 0 Å². The van der Waals surface area contributed by atoms with Gasteiger partial charge in [-0.1, -0.05) is 54.4 Å². The molecule has 0 spiro atoms. The van der Waals surface area contributed by atoms with E-state index in [2.05, 4.69) is 15.3 Å². The predicted octanol–water partition coefficient (Wildman–Crippen LogP) is 3.89. The van der Waals surface area contributed by atoms with Crippen LogP contribution in [-0.2, 0) is 13.1 Å². The molecule has 0 saturated carbocycles. The number of nitrogens with one attached hydrogen (secondary N) is 1. The number of benzene rings is 1. The molecule has 3 N–H and O–H groups in total. The Bertz CT molecular complexity index is 1260. The molecule has 9 heteroatoms. The van der Waals surface area contributed by atoms with Crippen LogP contribution in [-0.4, -0.2) is 25.7 Å². The molecule has 2 atom stereocenters. The molecule has 1 aliphatic rings. The molecule has 0 fully saturated rings. The van der Waals surface area contributed by atoms with Gasteiger partial charge in [0.2, 0.25) is 11.2 Å². The lowest BCUT2D eigenvalue weighted by molar-refractivity contribution is -0.411. The summed E-state index contributed by atoms with van der Waals surface area (Å²) in [6.45, 7) is 4.43. The van der Waals surface area contributed by atoms with Gasteiger partial charge in [0, 0.05) is 46.2 Å². The number of alkyl halides is 1. The first-order valence-electron chi connectivity index (χ1n) is 10.2. The van der Waals surface area contributed by atoms with E-state index in [-0.39, 0.29) is 36.0 Å². The summed E-state index contributed by atoms with van der Waals surface area (Å²) in [5, 5.41) is 4.03. The first-order valence-corrected chi connectivity index (χ1v) is 11.4. The second-order valence-corrected chi connectivity index (χ2v) is 9.03. The number of allylic oxidation sites excluding steroid dienone is 4. The van der Waals surface area contributed by atoms with Gasteiger partial charge in [0.1, 0.15) is 17.3 Å². The van der Waals surface area contributed by atoms with Crippen molar-refractivity contribution in [3.05, 3.63) is 80.9 Å². The molecule has 0 saturated heterocycles. The monoisotopic (exact) mass is 490 g/mol. The molecule has 166 valence electrons. The zero-order chi connectivity index (χ0) is 23.0. The second-order valence-electron chi connectivity index (χ2n) is 7.67. The summed E-state index contributed by atoms with van der Waals surface area (Å²) >= 11 is 18.4. The Morgan fingerprint density at radius 1 is 1.28 bits per heavy atom. The van der Waals surface area contributed by atoms with Crippen LogP contribution in [0, 0.1) is 24.4 Å². The van der Waals surface area contributed by atoms with Gasteiger partial charge in [-0.15, -0.1) is 0 Å². The van der Waals surface area contributed by atoms with Crippen molar-refractivity contribution in [3.63, 3.8) is 0 Å². The van der Waals surface area contributed by atoms with E-state index in [1.807, 2.05) is 44.2 Å². The highest BCUT2D eigenvalue weighted by molar-refractivity contribution is 6.33. The minimum absolute atomic E-state index is 0.0114. The zero-order valence-electron chi connectivity index (χ0n) is 17.6. The van der Waals surface area contributed by atoms with Crippen LogP contribution < -0.4 is 11.1 Å². The van der Waals surface area contributed by atoms with Crippen molar-refractivity contribution in [1.29, 1.82) is 0 Å². The largest absolute Gasteiger partial charge is 0.347 e. The van der Waals surface area contributed by atoms with Crippen LogP contribution in [0.2, 0.25) is 5.02 Å². The van der Waals surface area contributed by atoms with Crippen molar-refractivity contribution in [1.82, 2.24) is 19.7 Å². The lowest BCUT2D eigenvalue weighted by Crippen LogP contribution is -2.23. The summed E-state index contributed by atoms with van der Waals surface area (Å²) in [4.78, 5) is 21.8. The number of aryl methyl sites for hydroxylation is 1. The number of hydrogen-bond acceptors (Lipinski definition) is 4. The third-order valence-corrected chi connectivity index (χ3v) is 7.09. The normalized spacial score (nSPS) is 18.4. The van der Waals surface area contributed by atoms with E-state index in [9.17, 15) is 4.79 Å². The minimum atomic E-state index is -0.327. The third kappa shape index (κ3) is 4.16. The Morgan fingerprint density at radius 2 is 2.03 bits per heavy atom. The number of aromatic nitrogens is 3. The van der Waals surface area contributed by atoms with Crippen molar-refractivity contribution >= 4 is 40.5 Å². The van der Waals surface area contributed by atoms with E-state index >= 15 is 0 Å². The van der Waals surface area contributed by atoms with E-state index < -0.39 is 0 Å². The number of fused-ring (bicyclic) bond motifs is 1. The maximum Gasteiger partial charge on any atom is 0.271 e. The highest BCUT2D eigenvalue weighted by Gasteiger charge is 2.30. The summed E-state index contributed by atoms with van der Waals surface area (Å²) in [5.41, 5.74) is 10.3. The van der Waals surface area contributed by atoms with Gasteiger partial charge in [0.05, 0.1) is 11.6 Å². The summed E-state index contributed by atoms with van der Waals surface area (Å²) in [6.07, 6.45) is 5.54. The van der Waals surface area contributed by atoms with Crippen LogP contribution in [0.3, 0.4) is 0 Å². The summed E-state index contributed by atoms with van der Waals surface area (Å²) in [7, 11) is 0. The van der Waals surface area contributed by atoms with Crippen molar-refractivity contribution in [2.45, 2.75) is 32.3 Å². The quantitative estimate of drug-likeness (QED) is 0.530. The fraction of sp³-hybridized carbons (Fsp3) is 0.261. The summed E-state index contributed by atoms with van der Waals surface area (Å²) < 4.78 is 1.78. The number of carbonyl (C=O) groups excluding carboxylic acids is 1. The van der Waals surface area contributed by atoms with Gasteiger partial charge in [-0.3, -0.25) is 9.20 Å². The smallest absolute Gasteiger partial charge is 0.271 e. The van der Waals surface area contributed by atoms with E-state index in [1.165, 1.54) is 0 Å². The highest BCUT2D eigenvalue weighted by Crippen LogP contribution is 2.36. The average molecular weight is 492 g/mol. The first kappa shape index (κ1) is 22.8. The standard InChI is InChI=1S/C23H22Cl3N5O/c1-12-17(24)8-7-15(20(12)26)21-16(9-27)13(2)29-23-30-19(11-31(21)23)22(32)28-10-14-5-3-4-6-18(14)25/h3-8,11-12,17,24H,9-10,27H2,1-2H3/p+1. The molecule has 4 rings (SSSR count). The van der Waals surface area contributed by atoms with Crippen molar-refractivity contribution in [3.8, 4) is 0 Å². The highest BCUT2D eigenvalue weighted by atomic mass is 35.5. The van der Waals surface area contributed by atoms with Gasteiger partial charge in [-0.2, -0.15) is 0 Å². The Morgan fingerprint density at radius 3 is 2.75 bits per heavy atom. The van der Waals surface area contributed by atoms with E-state index in [0.29, 0.717) is 15.8 Å². The fourth-order valence-corrected chi connectivity index (χ4v) is 4.50. The van der Waals surface area contributed by atoms with Crippen LogP contribution in [0.15, 0.2) is 47.6 Å². The molecular formula is C23H23Cl3N5O+. The number of nitrogens with two attached hydrogens (primary N) is 1. The van der Waals surface area contributed by atoms with Crippen molar-refractivity contribution < 1.29 is 16.4 Å². The molecule has 6 nitrogen and oxygen atoms in total. The molecule has 3 aromatic rings. The summed E-state index contributed by atoms with van der Waals surface area (Å²) in [5.74, 6) is 0.0606. The zero-order valence-corrected chi connectivity index (χ0v) is 19.9. The first-order chi connectivity index (χ1) is 15.3. The summed E-state index contributed by atoms with van der Waals surface area (Å²) in [6, 6.07) is 7.36. The minimum Gasteiger partial charge on any atom is -0.347 e. The third-order valence-electron chi connectivity index (χ3n) is 5.61. The Balaban J connectivity index is 1.76. The van der Waals surface area contributed by atoms with Gasteiger partial charge < -0.3 is 11.1 Å². The van der Waals surface area contributed by atoms with E-state index in [0.717, 1.165) is 28.1 Å². The molecule has 2 aromatic heterocycles. The predicted molar refractivity (Wildman–Crippen MR) is 124 cm³/mol. The van der Waals surface area contributed by atoms with E-state index in [4.69, 9.17) is 40.5 Å². The molecule has 1 amide bonds. The molecule has 0 bridgehead atoms. The second kappa shape index (κ2) is 9.24. The SMILES string of the molecule is Cc1nc2nc(C(=O)NCc3ccccc3Cl)cn2c(C2=C(Cl)C(C)C([ClH+])C=C2)c1CN. The Kier molecular flexibility index (Phi) is 6.58. The Labute approximate surface area is 201 Å². The molecule has 2 heterocycles. The van der Waals surface area contributed by atoms with Crippen LogP contribution in [0.4, 0.5) is 0 Å². The van der Waals surface area contributed by atoms with Gasteiger partial charge in [0.25, 0.3) is 5.91 Å². The number of imidazole rings is 1. The average Bonchev–Trinajstić information content (AvgIpc) is 3.20. The number of hydrogen-bond donors (Lipinski definition) is 2. The lowest BCUT2D eigenvalue weighted by atomic mass is 9.93. The molecule has 1 aliphatic carbocycles. The molecule has 1 aromatic carbocycles. The molecule has 0 aliphatic heterocycles. The fourth-order valence-electron chi connectivity index (χ4n) is 3.72. The number of nitrogens with zero attached hydrogens (tertiary/aromatic N) is 3. The number of carbonyl (C=O) groups is 1. The molecule has 32 heavy (non-hydrogen) atoms. The van der Waals surface area contributed by atoms with Crippen LogP contribution in [0.1, 0.15) is 39.9 Å². The molecule has 0 radical (unpaired) electrons. The maximum atomic E-state index is 12.8. The van der Waals surface area contributed by atoms with Gasteiger partial charge in [0.15, 0.2) is 0 Å². The van der Waals surface area contributed by atoms with Gasteiger partial charge in [-0.05, 0) is 24.6 Å².